The van der Waals surface area contributed by atoms with Crippen LogP contribution in [0.2, 0.25) is 0 Å². The Hall–Kier alpha value is -5.07. The molecule has 0 bridgehead atoms. The minimum atomic E-state index is -0.391. The first-order valence-electron chi connectivity index (χ1n) is 18.8. The normalized spacial score (nSPS) is 15.6. The summed E-state index contributed by atoms with van der Waals surface area (Å²) in [5.74, 6) is 1.55. The number of benzene rings is 3. The van der Waals surface area contributed by atoms with Gasteiger partial charge in [-0.2, -0.15) is 4.99 Å². The largest absolute Gasteiger partial charge is 0.494 e. The Kier molecular flexibility index (Phi) is 12.8. The zero-order valence-electron chi connectivity index (χ0n) is 32.2. The number of nitrogens with zero attached hydrogens (tertiary/aromatic N) is 7. The summed E-state index contributed by atoms with van der Waals surface area (Å²) in [7, 11) is 7.39. The highest BCUT2D eigenvalue weighted by Crippen LogP contribution is 2.43. The summed E-state index contributed by atoms with van der Waals surface area (Å²) in [5, 5.41) is 0. The molecule has 286 valence electrons. The number of unbranched alkanes of at least 4 members (excludes halogenated alkanes) is 2. The number of carbonyl (C=O) groups is 2. The number of H-pyrrole nitrogens is 1. The first kappa shape index (κ1) is 38.6. The first-order chi connectivity index (χ1) is 26.2. The molecule has 13 heteroatoms. The van der Waals surface area contributed by atoms with Crippen LogP contribution in [-0.4, -0.2) is 135 Å². The molecule has 0 aliphatic carbocycles. The van der Waals surface area contributed by atoms with Gasteiger partial charge in [0, 0.05) is 77.0 Å². The molecule has 2 aliphatic heterocycles. The summed E-state index contributed by atoms with van der Waals surface area (Å²) in [5.41, 5.74) is 4.93. The maximum Gasteiger partial charge on any atom is 0.260 e. The highest BCUT2D eigenvalue weighted by Gasteiger charge is 2.26. The third-order valence-corrected chi connectivity index (χ3v) is 10.5. The van der Waals surface area contributed by atoms with Crippen molar-refractivity contribution in [1.82, 2.24) is 29.6 Å². The van der Waals surface area contributed by atoms with E-state index < -0.39 is 5.91 Å². The number of piperazine rings is 2. The van der Waals surface area contributed by atoms with Crippen LogP contribution in [0.15, 0.2) is 53.5 Å². The number of anilines is 1. The third kappa shape index (κ3) is 8.99. The molecule has 2 amide bonds. The molecule has 1 aromatic heterocycles. The summed E-state index contributed by atoms with van der Waals surface area (Å²) in [6.45, 7) is 10.5. The van der Waals surface area contributed by atoms with E-state index in [1.807, 2.05) is 54.3 Å². The van der Waals surface area contributed by atoms with Crippen LogP contribution in [-0.2, 0) is 16.1 Å². The van der Waals surface area contributed by atoms with Crippen molar-refractivity contribution in [3.63, 3.8) is 0 Å². The lowest BCUT2D eigenvalue weighted by atomic mass is 9.98. The number of imidazole rings is 1. The Balaban J connectivity index is 1.17. The van der Waals surface area contributed by atoms with E-state index >= 15 is 0 Å². The number of rotatable bonds is 14. The van der Waals surface area contributed by atoms with Gasteiger partial charge < -0.3 is 34.1 Å². The number of isocyanates is 1. The molecule has 54 heavy (non-hydrogen) atoms. The van der Waals surface area contributed by atoms with E-state index in [4.69, 9.17) is 14.5 Å². The topological polar surface area (TPSA) is 127 Å². The number of aryl methyl sites for hydroxylation is 1. The van der Waals surface area contributed by atoms with Gasteiger partial charge in [-0.15, -0.1) is 0 Å². The lowest BCUT2D eigenvalue weighted by Gasteiger charge is -2.32. The Morgan fingerprint density at radius 1 is 0.926 bits per heavy atom. The molecule has 2 fully saturated rings. The summed E-state index contributed by atoms with van der Waals surface area (Å²) in [6, 6.07) is 15.0. The lowest BCUT2D eigenvalue weighted by molar-refractivity contribution is -0.132. The number of methoxy groups -OCH3 is 1. The Bertz CT molecular complexity index is 1990. The maximum atomic E-state index is 14.2. The van der Waals surface area contributed by atoms with Gasteiger partial charge in [-0.05, 0) is 76.2 Å². The van der Waals surface area contributed by atoms with Gasteiger partial charge in [-0.1, -0.05) is 18.2 Å². The molecule has 2 aliphatic rings. The van der Waals surface area contributed by atoms with Crippen LogP contribution in [0.3, 0.4) is 0 Å². The van der Waals surface area contributed by atoms with Gasteiger partial charge in [-0.25, -0.2) is 9.78 Å². The molecule has 3 aromatic carbocycles. The molecular formula is C41H52N8O5. The second kappa shape index (κ2) is 17.8. The zero-order valence-corrected chi connectivity index (χ0v) is 32.2. The predicted octanol–water partition coefficient (Wildman–Crippen LogP) is 5.25. The molecule has 0 saturated carbocycles. The van der Waals surface area contributed by atoms with Crippen LogP contribution in [0.1, 0.15) is 47.4 Å². The molecule has 0 spiro atoms. The molecule has 13 nitrogen and oxygen atoms in total. The lowest BCUT2D eigenvalue weighted by Crippen LogP contribution is -2.47. The van der Waals surface area contributed by atoms with Crippen molar-refractivity contribution in [3.8, 4) is 22.6 Å². The van der Waals surface area contributed by atoms with Crippen LogP contribution < -0.4 is 14.4 Å². The van der Waals surface area contributed by atoms with Crippen LogP contribution in [0.5, 0.6) is 11.5 Å². The van der Waals surface area contributed by atoms with Gasteiger partial charge in [0.25, 0.3) is 5.91 Å². The van der Waals surface area contributed by atoms with E-state index in [-0.39, 0.29) is 22.9 Å². The van der Waals surface area contributed by atoms with Crippen molar-refractivity contribution in [1.29, 1.82) is 0 Å². The second-order valence-corrected chi connectivity index (χ2v) is 14.4. The van der Waals surface area contributed by atoms with Crippen LogP contribution in [0.4, 0.5) is 11.4 Å². The van der Waals surface area contributed by atoms with Crippen molar-refractivity contribution in [2.75, 3.05) is 92.1 Å². The highest BCUT2D eigenvalue weighted by atomic mass is 16.5. The van der Waals surface area contributed by atoms with Gasteiger partial charge in [0.05, 0.1) is 42.5 Å². The molecular weight excluding hydrogens is 685 g/mol. The minimum Gasteiger partial charge on any atom is -0.494 e. The van der Waals surface area contributed by atoms with Crippen molar-refractivity contribution in [3.05, 3.63) is 65.5 Å². The fourth-order valence-electron chi connectivity index (χ4n) is 7.17. The summed E-state index contributed by atoms with van der Waals surface area (Å²) >= 11 is 0. The number of aromatic nitrogens is 2. The number of aromatic amines is 1. The minimum absolute atomic E-state index is 0.0905. The first-order valence-corrected chi connectivity index (χ1v) is 18.8. The van der Waals surface area contributed by atoms with E-state index in [9.17, 15) is 14.4 Å². The van der Waals surface area contributed by atoms with Crippen LogP contribution in [0, 0.1) is 6.92 Å². The van der Waals surface area contributed by atoms with E-state index in [2.05, 4.69) is 38.8 Å². The van der Waals surface area contributed by atoms with Crippen molar-refractivity contribution >= 4 is 40.3 Å². The number of carbonyl (C=O) groups excluding carboxylic acids is 3. The standard InChI is InChI=1S/C41H52N8O5/c1-29-13-16-34(35(26-29)54-25-8-6-7-12-37(51)49-23-19-46(3)20-24-49)47(4)41(52)32-15-14-31(40(53-5)39(32)42-28-50)30-10-9-11-33-38(30)44-36(43-33)27-48-21-17-45(2)18-22-48/h9-11,13-16,26H,6-8,12,17-25,27H2,1-5H3,(H,43,44). The molecule has 0 unspecified atom stereocenters. The molecule has 2 saturated heterocycles. The predicted molar refractivity (Wildman–Crippen MR) is 211 cm³/mol. The quantitative estimate of drug-likeness (QED) is 0.105. The molecule has 3 heterocycles. The average molecular weight is 737 g/mol. The summed E-state index contributed by atoms with van der Waals surface area (Å²) in [4.78, 5) is 61.5. The number of fused-ring (bicyclic) bond motifs is 1. The number of nitrogens with one attached hydrogen (secondary N) is 1. The van der Waals surface area contributed by atoms with E-state index in [0.29, 0.717) is 36.6 Å². The third-order valence-electron chi connectivity index (χ3n) is 10.5. The SMILES string of the molecule is COc1c(-c2cccc3[nH]c(CN4CCN(C)CC4)nc23)ccc(C(=O)N(C)c2ccc(C)cc2OCCCCCC(=O)N2CCN(C)CC2)c1N=C=O. The molecule has 4 aromatic rings. The summed E-state index contributed by atoms with van der Waals surface area (Å²) in [6.07, 6.45) is 4.61. The number of amides is 2. The van der Waals surface area contributed by atoms with Crippen molar-refractivity contribution in [2.45, 2.75) is 39.2 Å². The van der Waals surface area contributed by atoms with Gasteiger partial charge in [0.1, 0.15) is 17.3 Å². The Morgan fingerprint density at radius 3 is 2.39 bits per heavy atom. The van der Waals surface area contributed by atoms with Crippen molar-refractivity contribution in [2.24, 2.45) is 4.99 Å². The van der Waals surface area contributed by atoms with Crippen LogP contribution >= 0.6 is 0 Å². The van der Waals surface area contributed by atoms with Gasteiger partial charge in [0.15, 0.2) is 5.75 Å². The van der Waals surface area contributed by atoms with Gasteiger partial charge in [0.2, 0.25) is 12.0 Å². The monoisotopic (exact) mass is 736 g/mol. The Labute approximate surface area is 317 Å². The van der Waals surface area contributed by atoms with E-state index in [1.54, 1.807) is 19.2 Å². The number of likely N-dealkylation sites (N-methyl/N-ethyl adjacent to an activating group) is 2. The fraction of sp³-hybridized carbons (Fsp3) is 0.463. The van der Waals surface area contributed by atoms with Gasteiger partial charge in [-0.3, -0.25) is 14.5 Å². The fourth-order valence-corrected chi connectivity index (χ4v) is 7.17. The van der Waals surface area contributed by atoms with Crippen LogP contribution in [0.25, 0.3) is 22.2 Å². The number of hydrogen-bond acceptors (Lipinski definition) is 10. The molecule has 1 N–H and O–H groups in total. The zero-order chi connectivity index (χ0) is 38.2. The van der Waals surface area contributed by atoms with Crippen molar-refractivity contribution < 1.29 is 23.9 Å². The molecule has 6 rings (SSSR count). The Morgan fingerprint density at radius 2 is 1.67 bits per heavy atom. The average Bonchev–Trinajstić information content (AvgIpc) is 3.59. The van der Waals surface area contributed by atoms with E-state index in [0.717, 1.165) is 99.6 Å². The smallest absolute Gasteiger partial charge is 0.260 e. The molecule has 0 atom stereocenters. The number of hydrogen-bond donors (Lipinski definition) is 1. The molecule has 0 radical (unpaired) electrons. The second-order valence-electron chi connectivity index (χ2n) is 14.4. The summed E-state index contributed by atoms with van der Waals surface area (Å²) < 4.78 is 12.1. The van der Waals surface area contributed by atoms with Gasteiger partial charge >= 0.3 is 0 Å². The van der Waals surface area contributed by atoms with E-state index in [1.165, 1.54) is 12.0 Å². The maximum absolute atomic E-state index is 14.2. The number of aliphatic imine (C=N–C) groups is 1. The number of para-hydroxylation sites is 1. The highest BCUT2D eigenvalue weighted by molar-refractivity contribution is 6.11. The number of ether oxygens (including phenoxy) is 2.